The second-order valence-corrected chi connectivity index (χ2v) is 14.8. The number of aryl methyl sites for hydroxylation is 1. The van der Waals surface area contributed by atoms with E-state index in [-0.39, 0.29) is 17.8 Å². The molecule has 3 unspecified atom stereocenters. The van der Waals surface area contributed by atoms with Crippen molar-refractivity contribution in [2.75, 3.05) is 49.2 Å². The van der Waals surface area contributed by atoms with Crippen LogP contribution in [-0.4, -0.2) is 85.8 Å². The summed E-state index contributed by atoms with van der Waals surface area (Å²) >= 11 is 13.2. The standard InChI is InChI=1S/C38H46Cl2N8O4/c1-4-28(2)48-36(49)47(27-43-48)32-8-6-30(7-9-32)44-18-20-45(21-19-44)31-10-12-33(13-11-31)50-23-34-24-51-38(52-34,15-5-17-46-26-41-25-42-46)37(3)16-14-29(39)22-35(37)40/h6-14,16,22,25-28,34-35H,4-5,15,17-21,23-24H2,1-3H3/t28?,34-,35?,37?,38-/m1/s1. The summed E-state index contributed by atoms with van der Waals surface area (Å²) in [6.07, 6.45) is 12.5. The van der Waals surface area contributed by atoms with E-state index in [1.54, 1.807) is 26.6 Å². The van der Waals surface area contributed by atoms with Crippen LogP contribution in [0.25, 0.3) is 5.69 Å². The maximum absolute atomic E-state index is 12.8. The number of alkyl halides is 1. The van der Waals surface area contributed by atoms with Crippen molar-refractivity contribution in [3.63, 3.8) is 0 Å². The minimum Gasteiger partial charge on any atom is -0.491 e. The summed E-state index contributed by atoms with van der Waals surface area (Å²) in [5, 5.41) is 8.73. The normalized spacial score (nSPS) is 25.4. The van der Waals surface area contributed by atoms with Crippen molar-refractivity contribution in [2.45, 2.75) is 69.9 Å². The lowest BCUT2D eigenvalue weighted by molar-refractivity contribution is -0.231. The lowest BCUT2D eigenvalue weighted by Gasteiger charge is -2.46. The molecule has 4 heterocycles. The molecule has 2 aromatic carbocycles. The van der Waals surface area contributed by atoms with Crippen LogP contribution in [0, 0.1) is 5.41 Å². The average molecular weight is 750 g/mol. The van der Waals surface area contributed by atoms with Gasteiger partial charge in [0.25, 0.3) is 0 Å². The highest BCUT2D eigenvalue weighted by atomic mass is 35.5. The van der Waals surface area contributed by atoms with Gasteiger partial charge >= 0.3 is 5.69 Å². The summed E-state index contributed by atoms with van der Waals surface area (Å²) in [5.74, 6) is -0.180. The van der Waals surface area contributed by atoms with Crippen LogP contribution >= 0.6 is 23.2 Å². The highest BCUT2D eigenvalue weighted by molar-refractivity contribution is 6.32. The Morgan fingerprint density at radius 1 is 0.981 bits per heavy atom. The number of anilines is 2. The number of hydrogen-bond acceptors (Lipinski definition) is 9. The maximum atomic E-state index is 12.8. The summed E-state index contributed by atoms with van der Waals surface area (Å²) in [5.41, 5.74) is 2.36. The minimum absolute atomic E-state index is 0.0654. The molecule has 12 nitrogen and oxygen atoms in total. The fraction of sp³-hybridized carbons (Fsp3) is 0.474. The first-order chi connectivity index (χ1) is 25.2. The van der Waals surface area contributed by atoms with Crippen LogP contribution in [0.15, 0.2) is 95.6 Å². The molecule has 52 heavy (non-hydrogen) atoms. The van der Waals surface area contributed by atoms with Gasteiger partial charge in [-0.2, -0.15) is 10.2 Å². The van der Waals surface area contributed by atoms with Gasteiger partial charge in [-0.1, -0.05) is 24.6 Å². The van der Waals surface area contributed by atoms with Crippen LogP contribution in [0.4, 0.5) is 11.4 Å². The molecule has 2 aliphatic heterocycles. The number of nitrogens with zero attached hydrogens (tertiary/aromatic N) is 8. The topological polar surface area (TPSA) is 105 Å². The lowest BCUT2D eigenvalue weighted by Crippen LogP contribution is -2.52. The first kappa shape index (κ1) is 36.3. The Kier molecular flexibility index (Phi) is 10.8. The summed E-state index contributed by atoms with van der Waals surface area (Å²) in [6.45, 7) is 11.1. The first-order valence-electron chi connectivity index (χ1n) is 18.0. The molecule has 3 aliphatic rings. The number of halogens is 2. The summed E-state index contributed by atoms with van der Waals surface area (Å²) < 4.78 is 24.4. The van der Waals surface area contributed by atoms with Crippen molar-refractivity contribution in [3.05, 3.63) is 101 Å². The number of benzene rings is 2. The van der Waals surface area contributed by atoms with Crippen molar-refractivity contribution >= 4 is 34.6 Å². The molecular weight excluding hydrogens is 703 g/mol. The summed E-state index contributed by atoms with van der Waals surface area (Å²) in [7, 11) is 0. The van der Waals surface area contributed by atoms with Gasteiger partial charge < -0.3 is 24.0 Å². The molecular formula is C38H46Cl2N8O4. The predicted molar refractivity (Wildman–Crippen MR) is 203 cm³/mol. The molecule has 2 saturated heterocycles. The molecule has 0 spiro atoms. The molecule has 0 N–H and O–H groups in total. The van der Waals surface area contributed by atoms with Gasteiger partial charge in [-0.3, -0.25) is 4.68 Å². The molecule has 4 aromatic rings. The quantitative estimate of drug-likeness (QED) is 0.148. The Hall–Kier alpha value is -4.10. The molecule has 2 fully saturated rings. The van der Waals surface area contributed by atoms with Crippen LogP contribution in [0.1, 0.15) is 46.1 Å². The Bertz CT molecular complexity index is 1900. The molecule has 0 radical (unpaired) electrons. The fourth-order valence-corrected chi connectivity index (χ4v) is 7.79. The van der Waals surface area contributed by atoms with Crippen LogP contribution in [0.5, 0.6) is 5.75 Å². The monoisotopic (exact) mass is 748 g/mol. The van der Waals surface area contributed by atoms with Crippen molar-refractivity contribution in [1.82, 2.24) is 29.1 Å². The predicted octanol–water partition coefficient (Wildman–Crippen LogP) is 6.20. The van der Waals surface area contributed by atoms with Gasteiger partial charge in [-0.25, -0.2) is 19.0 Å². The molecule has 0 amide bonds. The summed E-state index contributed by atoms with van der Waals surface area (Å²) in [6, 6.07) is 16.5. The van der Waals surface area contributed by atoms with E-state index in [1.165, 1.54) is 6.33 Å². The second-order valence-electron chi connectivity index (χ2n) is 13.9. The third-order valence-electron chi connectivity index (χ3n) is 10.6. The molecule has 1 aliphatic carbocycles. The van der Waals surface area contributed by atoms with Crippen LogP contribution < -0.4 is 20.2 Å². The molecule has 0 saturated carbocycles. The highest BCUT2D eigenvalue weighted by Gasteiger charge is 2.57. The van der Waals surface area contributed by atoms with Gasteiger partial charge in [0.05, 0.1) is 29.1 Å². The largest absolute Gasteiger partial charge is 0.491 e. The zero-order valence-corrected chi connectivity index (χ0v) is 31.4. The summed E-state index contributed by atoms with van der Waals surface area (Å²) in [4.78, 5) is 21.6. The van der Waals surface area contributed by atoms with E-state index >= 15 is 0 Å². The molecule has 14 heteroatoms. The van der Waals surface area contributed by atoms with E-state index in [9.17, 15) is 4.79 Å². The van der Waals surface area contributed by atoms with E-state index < -0.39 is 16.6 Å². The first-order valence-corrected chi connectivity index (χ1v) is 18.8. The number of rotatable bonds is 13. The van der Waals surface area contributed by atoms with Crippen LogP contribution in [0.3, 0.4) is 0 Å². The van der Waals surface area contributed by atoms with Gasteiger partial charge in [0, 0.05) is 55.6 Å². The zero-order chi connectivity index (χ0) is 36.3. The average Bonchev–Trinajstić information content (AvgIpc) is 3.94. The molecule has 5 atom stereocenters. The highest BCUT2D eigenvalue weighted by Crippen LogP contribution is 2.51. The lowest BCUT2D eigenvalue weighted by atomic mass is 9.73. The van der Waals surface area contributed by atoms with Gasteiger partial charge in [0.15, 0.2) is 5.79 Å². The van der Waals surface area contributed by atoms with Crippen molar-refractivity contribution in [2.24, 2.45) is 5.41 Å². The number of piperazine rings is 1. The Morgan fingerprint density at radius 3 is 2.29 bits per heavy atom. The van der Waals surface area contributed by atoms with Crippen LogP contribution in [0.2, 0.25) is 0 Å². The van der Waals surface area contributed by atoms with E-state index in [0.717, 1.165) is 61.8 Å². The Labute approximate surface area is 314 Å². The molecule has 276 valence electrons. The van der Waals surface area contributed by atoms with Crippen molar-refractivity contribution in [3.8, 4) is 11.4 Å². The Morgan fingerprint density at radius 2 is 1.65 bits per heavy atom. The number of aromatic nitrogens is 6. The van der Waals surface area contributed by atoms with E-state index in [0.29, 0.717) is 31.2 Å². The third-order valence-corrected chi connectivity index (χ3v) is 11.5. The van der Waals surface area contributed by atoms with Gasteiger partial charge in [-0.15, -0.1) is 11.6 Å². The van der Waals surface area contributed by atoms with Gasteiger partial charge in [0.1, 0.15) is 37.4 Å². The van der Waals surface area contributed by atoms with Crippen LogP contribution in [-0.2, 0) is 16.0 Å². The fourth-order valence-electron chi connectivity index (χ4n) is 7.16. The number of ether oxygens (including phenoxy) is 3. The number of hydrogen-bond donors (Lipinski definition) is 0. The van der Waals surface area contributed by atoms with E-state index in [4.69, 9.17) is 37.4 Å². The molecule has 2 aromatic heterocycles. The minimum atomic E-state index is -0.955. The SMILES string of the molecule is CCC(C)n1ncn(-c2ccc(N3CCN(c4ccc(OC[C@@H]5CO[C@@](CCCn6cncn6)(C6(C)C=CC(Cl)=CC6Cl)O5)cc4)CC3)cc2)c1=O. The smallest absolute Gasteiger partial charge is 0.350 e. The van der Waals surface area contributed by atoms with E-state index in [1.807, 2.05) is 49.4 Å². The molecule has 0 bridgehead atoms. The number of allylic oxidation sites excluding steroid dienone is 3. The Balaban J connectivity index is 0.917. The van der Waals surface area contributed by atoms with Crippen molar-refractivity contribution < 1.29 is 14.2 Å². The maximum Gasteiger partial charge on any atom is 0.350 e. The third kappa shape index (κ3) is 7.39. The zero-order valence-electron chi connectivity index (χ0n) is 29.9. The van der Waals surface area contributed by atoms with E-state index in [2.05, 4.69) is 63.1 Å². The molecule has 7 rings (SSSR count). The second kappa shape index (κ2) is 15.5. The van der Waals surface area contributed by atoms with Crippen molar-refractivity contribution in [1.29, 1.82) is 0 Å². The van der Waals surface area contributed by atoms with Gasteiger partial charge in [-0.05, 0) is 87.4 Å². The van der Waals surface area contributed by atoms with Gasteiger partial charge in [0.2, 0.25) is 0 Å².